The Hall–Kier alpha value is -0.710. The molecular formula is C14H19BrF3N. The first-order valence-corrected chi connectivity index (χ1v) is 7.49. The Labute approximate surface area is 120 Å². The van der Waals surface area contributed by atoms with Crippen LogP contribution in [0.1, 0.15) is 37.3 Å². The molecule has 0 aliphatic heterocycles. The van der Waals surface area contributed by atoms with Gasteiger partial charge in [0.2, 0.25) is 0 Å². The van der Waals surface area contributed by atoms with E-state index in [2.05, 4.69) is 22.9 Å². The summed E-state index contributed by atoms with van der Waals surface area (Å²) in [6.45, 7) is 2.88. The highest BCUT2D eigenvalue weighted by molar-refractivity contribution is 9.08. The SMILES string of the molecule is CCCCCN(C)c1ccc(CBr)c(C(F)(F)F)c1. The van der Waals surface area contributed by atoms with E-state index in [1.807, 2.05) is 11.9 Å². The fraction of sp³-hybridized carbons (Fsp3) is 0.571. The number of unbranched alkanes of at least 4 members (excludes halogenated alkanes) is 2. The smallest absolute Gasteiger partial charge is 0.375 e. The second kappa shape index (κ2) is 7.17. The van der Waals surface area contributed by atoms with Gasteiger partial charge in [0.25, 0.3) is 0 Å². The van der Waals surface area contributed by atoms with Crippen molar-refractivity contribution in [1.82, 2.24) is 0 Å². The first-order valence-electron chi connectivity index (χ1n) is 6.37. The summed E-state index contributed by atoms with van der Waals surface area (Å²) in [6.07, 6.45) is -1.11. The van der Waals surface area contributed by atoms with Crippen LogP contribution < -0.4 is 4.90 Å². The van der Waals surface area contributed by atoms with Gasteiger partial charge < -0.3 is 4.90 Å². The standard InChI is InChI=1S/C14H19BrF3N/c1-3-4-5-8-19(2)12-7-6-11(10-15)13(9-12)14(16,17)18/h6-7,9H,3-5,8,10H2,1-2H3. The minimum absolute atomic E-state index is 0.210. The molecule has 0 saturated heterocycles. The van der Waals surface area contributed by atoms with Gasteiger partial charge >= 0.3 is 6.18 Å². The third-order valence-electron chi connectivity index (χ3n) is 3.08. The van der Waals surface area contributed by atoms with E-state index in [1.165, 1.54) is 6.07 Å². The Morgan fingerprint density at radius 2 is 1.89 bits per heavy atom. The molecule has 1 nitrogen and oxygen atoms in total. The lowest BCUT2D eigenvalue weighted by molar-refractivity contribution is -0.138. The van der Waals surface area contributed by atoms with Gasteiger partial charge in [-0.3, -0.25) is 0 Å². The monoisotopic (exact) mass is 337 g/mol. The molecule has 1 rings (SSSR count). The van der Waals surface area contributed by atoms with Crippen molar-refractivity contribution < 1.29 is 13.2 Å². The molecule has 0 radical (unpaired) electrons. The summed E-state index contributed by atoms with van der Waals surface area (Å²) in [5.74, 6) is 0. The molecule has 0 atom stereocenters. The zero-order valence-corrected chi connectivity index (χ0v) is 12.8. The second-order valence-corrected chi connectivity index (χ2v) is 5.16. The van der Waals surface area contributed by atoms with E-state index in [4.69, 9.17) is 0 Å². The van der Waals surface area contributed by atoms with Gasteiger partial charge in [0.15, 0.2) is 0 Å². The number of halogens is 4. The maximum Gasteiger partial charge on any atom is 0.416 e. The Balaban J connectivity index is 2.91. The lowest BCUT2D eigenvalue weighted by Gasteiger charge is -2.21. The maximum absolute atomic E-state index is 12.9. The molecule has 0 fully saturated rings. The van der Waals surface area contributed by atoms with Gasteiger partial charge in [0.05, 0.1) is 5.56 Å². The lowest BCUT2D eigenvalue weighted by Crippen LogP contribution is -2.19. The fourth-order valence-electron chi connectivity index (χ4n) is 1.91. The quantitative estimate of drug-likeness (QED) is 0.507. The number of hydrogen-bond acceptors (Lipinski definition) is 1. The molecule has 5 heteroatoms. The van der Waals surface area contributed by atoms with E-state index in [9.17, 15) is 13.2 Å². The van der Waals surface area contributed by atoms with E-state index < -0.39 is 11.7 Å². The largest absolute Gasteiger partial charge is 0.416 e. The van der Waals surface area contributed by atoms with E-state index in [-0.39, 0.29) is 10.9 Å². The highest BCUT2D eigenvalue weighted by Gasteiger charge is 2.33. The molecule has 0 aliphatic carbocycles. The Morgan fingerprint density at radius 3 is 2.42 bits per heavy atom. The van der Waals surface area contributed by atoms with Crippen LogP contribution in [0.2, 0.25) is 0 Å². The molecule has 0 unspecified atom stereocenters. The van der Waals surface area contributed by atoms with Crippen LogP contribution in [0.4, 0.5) is 18.9 Å². The van der Waals surface area contributed by atoms with Crippen LogP contribution >= 0.6 is 15.9 Å². The van der Waals surface area contributed by atoms with Crippen molar-refractivity contribution >= 4 is 21.6 Å². The number of benzene rings is 1. The van der Waals surface area contributed by atoms with Crippen molar-refractivity contribution in [2.75, 3.05) is 18.5 Å². The average molecular weight is 338 g/mol. The molecule has 0 aromatic heterocycles. The first kappa shape index (κ1) is 16.3. The van der Waals surface area contributed by atoms with Gasteiger partial charge in [-0.1, -0.05) is 41.8 Å². The summed E-state index contributed by atoms with van der Waals surface area (Å²) in [5, 5.41) is 0.210. The van der Waals surface area contributed by atoms with Crippen molar-refractivity contribution in [2.24, 2.45) is 0 Å². The van der Waals surface area contributed by atoms with Gasteiger partial charge in [0, 0.05) is 24.6 Å². The molecule has 1 aromatic rings. The summed E-state index contributed by atoms with van der Waals surface area (Å²) in [5.41, 5.74) is 0.343. The average Bonchev–Trinajstić information content (AvgIpc) is 2.37. The van der Waals surface area contributed by atoms with Crippen LogP contribution in [0.15, 0.2) is 18.2 Å². The molecule has 0 aliphatic rings. The Morgan fingerprint density at radius 1 is 1.21 bits per heavy atom. The predicted octanol–water partition coefficient (Wildman–Crippen LogP) is 5.23. The van der Waals surface area contributed by atoms with Crippen LogP contribution in [-0.4, -0.2) is 13.6 Å². The topological polar surface area (TPSA) is 3.24 Å². The molecule has 0 spiro atoms. The van der Waals surface area contributed by atoms with Gasteiger partial charge in [0.1, 0.15) is 0 Å². The molecule has 0 bridgehead atoms. The second-order valence-electron chi connectivity index (χ2n) is 4.60. The molecule has 0 N–H and O–H groups in total. The highest BCUT2D eigenvalue weighted by Crippen LogP contribution is 2.35. The third-order valence-corrected chi connectivity index (χ3v) is 3.68. The van der Waals surface area contributed by atoms with E-state index >= 15 is 0 Å². The Kier molecular flexibility index (Phi) is 6.17. The molecule has 0 heterocycles. The van der Waals surface area contributed by atoms with E-state index in [1.54, 1.807) is 12.1 Å². The summed E-state index contributed by atoms with van der Waals surface area (Å²) in [7, 11) is 1.83. The van der Waals surface area contributed by atoms with Gasteiger partial charge in [-0.2, -0.15) is 13.2 Å². The first-order chi connectivity index (χ1) is 8.90. The van der Waals surface area contributed by atoms with Crippen molar-refractivity contribution in [3.8, 4) is 0 Å². The summed E-state index contributed by atoms with van der Waals surface area (Å²) >= 11 is 3.10. The van der Waals surface area contributed by atoms with Gasteiger partial charge in [-0.15, -0.1) is 0 Å². The van der Waals surface area contributed by atoms with Crippen LogP contribution in [0, 0.1) is 0 Å². The highest BCUT2D eigenvalue weighted by atomic mass is 79.9. The number of rotatable bonds is 6. The van der Waals surface area contributed by atoms with Gasteiger partial charge in [-0.25, -0.2) is 0 Å². The van der Waals surface area contributed by atoms with Crippen LogP contribution in [0.5, 0.6) is 0 Å². The van der Waals surface area contributed by atoms with E-state index in [0.29, 0.717) is 5.69 Å². The maximum atomic E-state index is 12.9. The van der Waals surface area contributed by atoms with Crippen LogP contribution in [0.3, 0.4) is 0 Å². The zero-order valence-electron chi connectivity index (χ0n) is 11.2. The van der Waals surface area contributed by atoms with Crippen molar-refractivity contribution in [2.45, 2.75) is 37.7 Å². The molecule has 1 aromatic carbocycles. The minimum Gasteiger partial charge on any atom is -0.375 e. The lowest BCUT2D eigenvalue weighted by atomic mass is 10.1. The van der Waals surface area contributed by atoms with Crippen LogP contribution in [-0.2, 0) is 11.5 Å². The third kappa shape index (κ3) is 4.71. The fourth-order valence-corrected chi connectivity index (χ4v) is 2.40. The minimum atomic E-state index is -4.30. The molecular weight excluding hydrogens is 319 g/mol. The summed E-state index contributed by atoms with van der Waals surface area (Å²) in [6, 6.07) is 4.53. The summed E-state index contributed by atoms with van der Waals surface area (Å²) in [4.78, 5) is 1.88. The van der Waals surface area contributed by atoms with Crippen molar-refractivity contribution in [1.29, 1.82) is 0 Å². The summed E-state index contributed by atoms with van der Waals surface area (Å²) < 4.78 is 38.8. The molecule has 108 valence electrons. The number of anilines is 1. The normalized spacial score (nSPS) is 11.7. The number of hydrogen-bond donors (Lipinski definition) is 0. The Bertz CT molecular complexity index is 404. The van der Waals surface area contributed by atoms with Gasteiger partial charge in [-0.05, 0) is 24.1 Å². The number of nitrogens with zero attached hydrogens (tertiary/aromatic N) is 1. The molecule has 0 amide bonds. The van der Waals surface area contributed by atoms with Crippen molar-refractivity contribution in [3.63, 3.8) is 0 Å². The van der Waals surface area contributed by atoms with E-state index in [0.717, 1.165) is 25.8 Å². The molecule has 0 saturated carbocycles. The zero-order chi connectivity index (χ0) is 14.5. The van der Waals surface area contributed by atoms with Crippen LogP contribution in [0.25, 0.3) is 0 Å². The molecule has 19 heavy (non-hydrogen) atoms. The predicted molar refractivity (Wildman–Crippen MR) is 76.9 cm³/mol. The number of alkyl halides is 4. The van der Waals surface area contributed by atoms with Crippen molar-refractivity contribution in [3.05, 3.63) is 29.3 Å².